The average molecular weight is 294 g/mol. The minimum absolute atomic E-state index is 0.0233. The standard InChI is InChI=1S/C17H18N4O/c1-12(14-8-9-18-11-19-14)20(2)17(22)16-10-13-6-4-5-7-15(13)21(16)3/h4-12H,1-3H3/t12-/m1/s1. The van der Waals surface area contributed by atoms with E-state index in [1.165, 1.54) is 6.33 Å². The highest BCUT2D eigenvalue weighted by atomic mass is 16.2. The minimum Gasteiger partial charge on any atom is -0.340 e. The molecule has 1 atom stereocenters. The SMILES string of the molecule is C[C@H](c1ccncn1)N(C)C(=O)c1cc2ccccc2n1C. The lowest BCUT2D eigenvalue weighted by molar-refractivity contribution is 0.0730. The third kappa shape index (κ3) is 2.35. The summed E-state index contributed by atoms with van der Waals surface area (Å²) in [6.07, 6.45) is 3.19. The zero-order valence-electron chi connectivity index (χ0n) is 12.9. The van der Waals surface area contributed by atoms with Crippen LogP contribution in [0.25, 0.3) is 10.9 Å². The topological polar surface area (TPSA) is 51.0 Å². The molecule has 5 nitrogen and oxygen atoms in total. The van der Waals surface area contributed by atoms with Gasteiger partial charge in [-0.1, -0.05) is 18.2 Å². The van der Waals surface area contributed by atoms with Crippen molar-refractivity contribution >= 4 is 16.8 Å². The molecule has 3 aromatic rings. The van der Waals surface area contributed by atoms with Crippen molar-refractivity contribution in [1.82, 2.24) is 19.4 Å². The molecule has 0 unspecified atom stereocenters. The van der Waals surface area contributed by atoms with Crippen molar-refractivity contribution in [2.75, 3.05) is 7.05 Å². The van der Waals surface area contributed by atoms with Gasteiger partial charge in [-0.25, -0.2) is 9.97 Å². The number of carbonyl (C=O) groups excluding carboxylic acids is 1. The number of para-hydroxylation sites is 1. The summed E-state index contributed by atoms with van der Waals surface area (Å²) in [6.45, 7) is 1.96. The molecule has 0 spiro atoms. The van der Waals surface area contributed by atoms with E-state index < -0.39 is 0 Å². The van der Waals surface area contributed by atoms with E-state index in [-0.39, 0.29) is 11.9 Å². The predicted molar refractivity (Wildman–Crippen MR) is 85.5 cm³/mol. The van der Waals surface area contributed by atoms with Gasteiger partial charge in [0.05, 0.1) is 11.7 Å². The van der Waals surface area contributed by atoms with Crippen molar-refractivity contribution < 1.29 is 4.79 Å². The van der Waals surface area contributed by atoms with E-state index in [1.54, 1.807) is 18.1 Å². The monoisotopic (exact) mass is 294 g/mol. The Balaban J connectivity index is 1.93. The van der Waals surface area contributed by atoms with Crippen LogP contribution in [0.4, 0.5) is 0 Å². The number of hydrogen-bond acceptors (Lipinski definition) is 3. The van der Waals surface area contributed by atoms with Crippen LogP contribution in [0.3, 0.4) is 0 Å². The molecule has 0 saturated heterocycles. The summed E-state index contributed by atoms with van der Waals surface area (Å²) in [7, 11) is 3.71. The maximum absolute atomic E-state index is 12.8. The average Bonchev–Trinajstić information content (AvgIpc) is 2.91. The first-order valence-corrected chi connectivity index (χ1v) is 7.17. The van der Waals surface area contributed by atoms with Crippen LogP contribution in [-0.4, -0.2) is 32.4 Å². The van der Waals surface area contributed by atoms with Gasteiger partial charge in [-0.3, -0.25) is 4.79 Å². The molecule has 0 bridgehead atoms. The lowest BCUT2D eigenvalue weighted by Gasteiger charge is -2.24. The Labute approximate surface area is 129 Å². The Morgan fingerprint density at radius 2 is 2.05 bits per heavy atom. The second kappa shape index (κ2) is 5.60. The molecular formula is C17H18N4O. The van der Waals surface area contributed by atoms with Crippen molar-refractivity contribution in [3.05, 3.63) is 60.3 Å². The third-order valence-electron chi connectivity index (χ3n) is 4.10. The highest BCUT2D eigenvalue weighted by Crippen LogP contribution is 2.22. The Morgan fingerprint density at radius 3 is 2.73 bits per heavy atom. The molecule has 0 fully saturated rings. The maximum Gasteiger partial charge on any atom is 0.270 e. The number of amides is 1. The maximum atomic E-state index is 12.8. The van der Waals surface area contributed by atoms with Crippen molar-refractivity contribution in [2.24, 2.45) is 7.05 Å². The van der Waals surface area contributed by atoms with Gasteiger partial charge in [0.2, 0.25) is 0 Å². The second-order valence-electron chi connectivity index (χ2n) is 5.37. The Bertz CT molecular complexity index is 810. The fourth-order valence-electron chi connectivity index (χ4n) is 2.60. The Morgan fingerprint density at radius 1 is 1.27 bits per heavy atom. The van der Waals surface area contributed by atoms with Crippen LogP contribution in [0.5, 0.6) is 0 Å². The Kier molecular flexibility index (Phi) is 3.63. The lowest BCUT2D eigenvalue weighted by Crippen LogP contribution is -2.31. The smallest absolute Gasteiger partial charge is 0.270 e. The number of nitrogens with zero attached hydrogens (tertiary/aromatic N) is 4. The number of hydrogen-bond donors (Lipinski definition) is 0. The van der Waals surface area contributed by atoms with Crippen molar-refractivity contribution in [1.29, 1.82) is 0 Å². The normalized spacial score (nSPS) is 12.3. The summed E-state index contributed by atoms with van der Waals surface area (Å²) < 4.78 is 1.93. The first-order valence-electron chi connectivity index (χ1n) is 7.17. The fourth-order valence-corrected chi connectivity index (χ4v) is 2.60. The van der Waals surface area contributed by atoms with Gasteiger partial charge >= 0.3 is 0 Å². The van der Waals surface area contributed by atoms with Gasteiger partial charge in [-0.2, -0.15) is 0 Å². The van der Waals surface area contributed by atoms with Gasteiger partial charge in [-0.05, 0) is 25.1 Å². The quantitative estimate of drug-likeness (QED) is 0.746. The molecule has 1 amide bonds. The van der Waals surface area contributed by atoms with Gasteiger partial charge in [0.25, 0.3) is 5.91 Å². The highest BCUT2D eigenvalue weighted by Gasteiger charge is 2.22. The van der Waals surface area contributed by atoms with Gasteiger partial charge < -0.3 is 9.47 Å². The van der Waals surface area contributed by atoms with E-state index in [4.69, 9.17) is 0 Å². The van der Waals surface area contributed by atoms with E-state index in [1.807, 2.05) is 54.9 Å². The van der Waals surface area contributed by atoms with E-state index >= 15 is 0 Å². The number of aromatic nitrogens is 3. The molecule has 2 heterocycles. The number of carbonyl (C=O) groups is 1. The largest absolute Gasteiger partial charge is 0.340 e. The summed E-state index contributed by atoms with van der Waals surface area (Å²) in [6, 6.07) is 11.6. The van der Waals surface area contributed by atoms with Crippen LogP contribution in [0.1, 0.15) is 29.1 Å². The van der Waals surface area contributed by atoms with Crippen LogP contribution < -0.4 is 0 Å². The predicted octanol–water partition coefficient (Wildman–Crippen LogP) is 2.80. The number of rotatable bonds is 3. The van der Waals surface area contributed by atoms with E-state index in [0.717, 1.165) is 16.6 Å². The molecule has 5 heteroatoms. The van der Waals surface area contributed by atoms with Gasteiger partial charge in [0.15, 0.2) is 0 Å². The fraction of sp³-hybridized carbons (Fsp3) is 0.235. The van der Waals surface area contributed by atoms with Crippen LogP contribution in [-0.2, 0) is 7.05 Å². The first-order chi connectivity index (χ1) is 10.6. The molecule has 0 aliphatic carbocycles. The lowest BCUT2D eigenvalue weighted by atomic mass is 10.2. The van der Waals surface area contributed by atoms with E-state index in [9.17, 15) is 4.79 Å². The molecular weight excluding hydrogens is 276 g/mol. The molecule has 3 rings (SSSR count). The summed E-state index contributed by atoms with van der Waals surface area (Å²) in [5.41, 5.74) is 2.54. The molecule has 112 valence electrons. The van der Waals surface area contributed by atoms with Crippen LogP contribution in [0.2, 0.25) is 0 Å². The molecule has 0 radical (unpaired) electrons. The molecule has 0 aliphatic rings. The van der Waals surface area contributed by atoms with Gasteiger partial charge in [0, 0.05) is 31.2 Å². The molecule has 0 saturated carbocycles. The molecule has 0 N–H and O–H groups in total. The first kappa shape index (κ1) is 14.3. The Hall–Kier alpha value is -2.69. The van der Waals surface area contributed by atoms with Crippen LogP contribution >= 0.6 is 0 Å². The summed E-state index contributed by atoms with van der Waals surface area (Å²) >= 11 is 0. The van der Waals surface area contributed by atoms with Crippen LogP contribution in [0, 0.1) is 0 Å². The van der Waals surface area contributed by atoms with Crippen molar-refractivity contribution in [2.45, 2.75) is 13.0 Å². The van der Waals surface area contributed by atoms with Crippen molar-refractivity contribution in [3.8, 4) is 0 Å². The number of benzene rings is 1. The van der Waals surface area contributed by atoms with E-state index in [2.05, 4.69) is 9.97 Å². The number of aryl methyl sites for hydroxylation is 1. The summed E-state index contributed by atoms with van der Waals surface area (Å²) in [5.74, 6) is -0.0233. The highest BCUT2D eigenvalue weighted by molar-refractivity contribution is 5.98. The molecule has 22 heavy (non-hydrogen) atoms. The summed E-state index contributed by atoms with van der Waals surface area (Å²) in [4.78, 5) is 22.7. The van der Waals surface area contributed by atoms with Crippen LogP contribution in [0.15, 0.2) is 48.9 Å². The van der Waals surface area contributed by atoms with E-state index in [0.29, 0.717) is 5.69 Å². The minimum atomic E-state index is -0.117. The zero-order chi connectivity index (χ0) is 15.7. The number of fused-ring (bicyclic) bond motifs is 1. The summed E-state index contributed by atoms with van der Waals surface area (Å²) in [5, 5.41) is 1.07. The zero-order valence-corrected chi connectivity index (χ0v) is 12.9. The molecule has 0 aliphatic heterocycles. The van der Waals surface area contributed by atoms with Crippen molar-refractivity contribution in [3.63, 3.8) is 0 Å². The second-order valence-corrected chi connectivity index (χ2v) is 5.37. The van der Waals surface area contributed by atoms with Gasteiger partial charge in [0.1, 0.15) is 12.0 Å². The third-order valence-corrected chi connectivity index (χ3v) is 4.10. The molecule has 2 aromatic heterocycles. The van der Waals surface area contributed by atoms with Gasteiger partial charge in [-0.15, -0.1) is 0 Å². The molecule has 1 aromatic carbocycles.